The molecule has 0 bridgehead atoms. The van der Waals surface area contributed by atoms with Crippen LogP contribution >= 0.6 is 0 Å². The highest BCUT2D eigenvalue weighted by Gasteiger charge is 2.16. The quantitative estimate of drug-likeness (QED) is 0.919. The highest BCUT2D eigenvalue weighted by Crippen LogP contribution is 2.23. The van der Waals surface area contributed by atoms with Gasteiger partial charge in [0, 0.05) is 5.69 Å². The fourth-order valence-electron chi connectivity index (χ4n) is 1.98. The number of carbonyl (C=O) groups excluding carboxylic acids is 1. The molecule has 20 heavy (non-hydrogen) atoms. The number of amides is 1. The number of aryl methyl sites for hydroxylation is 2. The van der Waals surface area contributed by atoms with Crippen molar-refractivity contribution in [1.29, 1.82) is 0 Å². The SMILES string of the molecule is Cc1cccc(C)c1O[C@@H](C)C(=O)Nc1ccccc1. The van der Waals surface area contributed by atoms with Crippen LogP contribution in [0.25, 0.3) is 0 Å². The third-order valence-electron chi connectivity index (χ3n) is 3.11. The molecule has 3 heteroatoms. The molecule has 0 aliphatic carbocycles. The van der Waals surface area contributed by atoms with Gasteiger partial charge in [-0.3, -0.25) is 4.79 Å². The molecule has 0 spiro atoms. The van der Waals surface area contributed by atoms with Gasteiger partial charge in [0.2, 0.25) is 0 Å². The average Bonchev–Trinajstić information content (AvgIpc) is 2.44. The lowest BCUT2D eigenvalue weighted by molar-refractivity contribution is -0.122. The van der Waals surface area contributed by atoms with Gasteiger partial charge in [0.05, 0.1) is 0 Å². The van der Waals surface area contributed by atoms with Gasteiger partial charge in [-0.25, -0.2) is 0 Å². The van der Waals surface area contributed by atoms with Crippen molar-refractivity contribution in [1.82, 2.24) is 0 Å². The van der Waals surface area contributed by atoms with Crippen LogP contribution in [0.15, 0.2) is 48.5 Å². The van der Waals surface area contributed by atoms with E-state index in [1.54, 1.807) is 6.92 Å². The van der Waals surface area contributed by atoms with Crippen LogP contribution in [0, 0.1) is 13.8 Å². The molecular weight excluding hydrogens is 250 g/mol. The molecule has 0 saturated heterocycles. The maximum Gasteiger partial charge on any atom is 0.265 e. The molecule has 0 radical (unpaired) electrons. The van der Waals surface area contributed by atoms with Gasteiger partial charge in [-0.1, -0.05) is 36.4 Å². The Balaban J connectivity index is 2.05. The maximum atomic E-state index is 12.1. The van der Waals surface area contributed by atoms with Crippen LogP contribution in [0.5, 0.6) is 5.75 Å². The van der Waals surface area contributed by atoms with E-state index in [1.165, 1.54) is 0 Å². The van der Waals surface area contributed by atoms with Crippen molar-refractivity contribution < 1.29 is 9.53 Å². The zero-order valence-electron chi connectivity index (χ0n) is 12.0. The molecule has 0 aliphatic rings. The Labute approximate surface area is 119 Å². The molecule has 0 saturated carbocycles. The number of ether oxygens (including phenoxy) is 1. The van der Waals surface area contributed by atoms with Crippen molar-refractivity contribution in [2.75, 3.05) is 5.32 Å². The summed E-state index contributed by atoms with van der Waals surface area (Å²) in [6.07, 6.45) is -0.546. The van der Waals surface area contributed by atoms with E-state index in [0.717, 1.165) is 22.6 Å². The normalized spacial score (nSPS) is 11.8. The lowest BCUT2D eigenvalue weighted by Gasteiger charge is -2.18. The second-order valence-corrected chi connectivity index (χ2v) is 4.84. The summed E-state index contributed by atoms with van der Waals surface area (Å²) in [6, 6.07) is 15.3. The Kier molecular flexibility index (Phi) is 4.41. The van der Waals surface area contributed by atoms with Gasteiger partial charge in [-0.05, 0) is 44.0 Å². The zero-order valence-corrected chi connectivity index (χ0v) is 12.0. The molecule has 3 nitrogen and oxygen atoms in total. The van der Waals surface area contributed by atoms with Gasteiger partial charge in [0.1, 0.15) is 5.75 Å². The number of rotatable bonds is 4. The Bertz CT molecular complexity index is 573. The van der Waals surface area contributed by atoms with E-state index in [1.807, 2.05) is 62.4 Å². The van der Waals surface area contributed by atoms with Crippen LogP contribution in [0.1, 0.15) is 18.1 Å². The lowest BCUT2D eigenvalue weighted by Crippen LogP contribution is -2.30. The zero-order chi connectivity index (χ0) is 14.5. The van der Waals surface area contributed by atoms with Gasteiger partial charge in [0.25, 0.3) is 5.91 Å². The molecule has 1 amide bonds. The van der Waals surface area contributed by atoms with Crippen molar-refractivity contribution in [2.24, 2.45) is 0 Å². The van der Waals surface area contributed by atoms with Crippen molar-refractivity contribution in [2.45, 2.75) is 26.9 Å². The first-order chi connectivity index (χ1) is 9.58. The Morgan fingerprint density at radius 1 is 1.00 bits per heavy atom. The van der Waals surface area contributed by atoms with Crippen LogP contribution in [0.4, 0.5) is 5.69 Å². The van der Waals surface area contributed by atoms with Crippen LogP contribution in [0.2, 0.25) is 0 Å². The maximum absolute atomic E-state index is 12.1. The summed E-state index contributed by atoms with van der Waals surface area (Å²) in [6.45, 7) is 5.71. The summed E-state index contributed by atoms with van der Waals surface area (Å²) >= 11 is 0. The number of hydrogen-bond donors (Lipinski definition) is 1. The summed E-state index contributed by atoms with van der Waals surface area (Å²) in [5.74, 6) is 0.627. The highest BCUT2D eigenvalue weighted by molar-refractivity contribution is 5.94. The molecule has 1 atom stereocenters. The summed E-state index contributed by atoms with van der Waals surface area (Å²) in [4.78, 5) is 12.1. The minimum Gasteiger partial charge on any atom is -0.480 e. The van der Waals surface area contributed by atoms with E-state index in [-0.39, 0.29) is 5.91 Å². The second kappa shape index (κ2) is 6.24. The first kappa shape index (κ1) is 14.1. The molecule has 0 heterocycles. The fraction of sp³-hybridized carbons (Fsp3) is 0.235. The molecule has 104 valence electrons. The van der Waals surface area contributed by atoms with E-state index in [9.17, 15) is 4.79 Å². The van der Waals surface area contributed by atoms with Crippen LogP contribution < -0.4 is 10.1 Å². The number of anilines is 1. The van der Waals surface area contributed by atoms with Gasteiger partial charge in [-0.15, -0.1) is 0 Å². The topological polar surface area (TPSA) is 38.3 Å². The van der Waals surface area contributed by atoms with E-state index in [0.29, 0.717) is 0 Å². The van der Waals surface area contributed by atoms with E-state index < -0.39 is 6.10 Å². The van der Waals surface area contributed by atoms with E-state index in [4.69, 9.17) is 4.74 Å². The Morgan fingerprint density at radius 2 is 1.60 bits per heavy atom. The lowest BCUT2D eigenvalue weighted by atomic mass is 10.1. The Hall–Kier alpha value is -2.29. The van der Waals surface area contributed by atoms with Crippen LogP contribution in [-0.4, -0.2) is 12.0 Å². The predicted molar refractivity (Wildman–Crippen MR) is 81.1 cm³/mol. The summed E-state index contributed by atoms with van der Waals surface area (Å²) in [5, 5.41) is 2.84. The standard InChI is InChI=1S/C17H19NO2/c1-12-8-7-9-13(2)16(12)20-14(3)17(19)18-15-10-5-4-6-11-15/h4-11,14H,1-3H3,(H,18,19)/t14-/m0/s1. The number of nitrogens with one attached hydrogen (secondary N) is 1. The summed E-state index contributed by atoms with van der Waals surface area (Å²) in [7, 11) is 0. The fourth-order valence-corrected chi connectivity index (χ4v) is 1.98. The number of para-hydroxylation sites is 2. The third-order valence-corrected chi connectivity index (χ3v) is 3.11. The Morgan fingerprint density at radius 3 is 2.20 bits per heavy atom. The monoisotopic (exact) mass is 269 g/mol. The van der Waals surface area contributed by atoms with Crippen molar-refractivity contribution in [3.05, 3.63) is 59.7 Å². The molecule has 1 N–H and O–H groups in total. The minimum atomic E-state index is -0.546. The predicted octanol–water partition coefficient (Wildman–Crippen LogP) is 3.71. The van der Waals surface area contributed by atoms with Crippen molar-refractivity contribution >= 4 is 11.6 Å². The van der Waals surface area contributed by atoms with E-state index >= 15 is 0 Å². The van der Waals surface area contributed by atoms with Gasteiger partial charge < -0.3 is 10.1 Å². The van der Waals surface area contributed by atoms with Gasteiger partial charge >= 0.3 is 0 Å². The summed E-state index contributed by atoms with van der Waals surface area (Å²) in [5.41, 5.74) is 2.84. The first-order valence-corrected chi connectivity index (χ1v) is 6.66. The average molecular weight is 269 g/mol. The smallest absolute Gasteiger partial charge is 0.265 e. The number of carbonyl (C=O) groups is 1. The molecular formula is C17H19NO2. The van der Waals surface area contributed by atoms with Crippen LogP contribution in [-0.2, 0) is 4.79 Å². The van der Waals surface area contributed by atoms with Crippen molar-refractivity contribution in [3.8, 4) is 5.75 Å². The third kappa shape index (κ3) is 3.38. The van der Waals surface area contributed by atoms with Crippen LogP contribution in [0.3, 0.4) is 0 Å². The van der Waals surface area contributed by atoms with Gasteiger partial charge in [-0.2, -0.15) is 0 Å². The molecule has 0 aliphatic heterocycles. The molecule has 2 rings (SSSR count). The molecule has 0 fully saturated rings. The molecule has 0 aromatic heterocycles. The molecule has 2 aromatic carbocycles. The number of benzene rings is 2. The first-order valence-electron chi connectivity index (χ1n) is 6.66. The molecule has 2 aromatic rings. The number of hydrogen-bond acceptors (Lipinski definition) is 2. The van der Waals surface area contributed by atoms with Gasteiger partial charge in [0.15, 0.2) is 6.10 Å². The minimum absolute atomic E-state index is 0.154. The largest absolute Gasteiger partial charge is 0.480 e. The van der Waals surface area contributed by atoms with E-state index in [2.05, 4.69) is 5.32 Å². The van der Waals surface area contributed by atoms with Crippen molar-refractivity contribution in [3.63, 3.8) is 0 Å². The second-order valence-electron chi connectivity index (χ2n) is 4.84. The molecule has 0 unspecified atom stereocenters. The highest BCUT2D eigenvalue weighted by atomic mass is 16.5. The summed E-state index contributed by atoms with van der Waals surface area (Å²) < 4.78 is 5.80.